The lowest BCUT2D eigenvalue weighted by Gasteiger charge is -2.10. The van der Waals surface area contributed by atoms with Crippen LogP contribution in [0.2, 0.25) is 0 Å². The molecule has 0 unspecified atom stereocenters. The van der Waals surface area contributed by atoms with Gasteiger partial charge in [-0.3, -0.25) is 0 Å². The van der Waals surface area contributed by atoms with Crippen LogP contribution in [0.4, 0.5) is 5.82 Å². The van der Waals surface area contributed by atoms with Crippen molar-refractivity contribution in [2.45, 2.75) is 13.3 Å². The summed E-state index contributed by atoms with van der Waals surface area (Å²) in [6, 6.07) is 7.43. The quantitative estimate of drug-likeness (QED) is 0.876. The number of ether oxygens (including phenoxy) is 2. The van der Waals surface area contributed by atoms with Crippen molar-refractivity contribution < 1.29 is 9.47 Å². The molecule has 0 aliphatic carbocycles. The van der Waals surface area contributed by atoms with Crippen molar-refractivity contribution in [3.63, 3.8) is 0 Å². The van der Waals surface area contributed by atoms with Crippen molar-refractivity contribution in [3.05, 3.63) is 30.5 Å². The monoisotopic (exact) mass is 273 g/mol. The zero-order valence-electron chi connectivity index (χ0n) is 12.0. The molecule has 2 rings (SSSR count). The van der Waals surface area contributed by atoms with Gasteiger partial charge in [0.1, 0.15) is 17.3 Å². The highest BCUT2D eigenvalue weighted by Gasteiger charge is 2.10. The first kappa shape index (κ1) is 14.1. The molecule has 5 heteroatoms. The van der Waals surface area contributed by atoms with Gasteiger partial charge in [0.2, 0.25) is 0 Å². The summed E-state index contributed by atoms with van der Waals surface area (Å²) in [5, 5.41) is 3.25. The lowest BCUT2D eigenvalue weighted by molar-refractivity contribution is 0.404. The first-order valence-corrected chi connectivity index (χ1v) is 6.57. The fourth-order valence-corrected chi connectivity index (χ4v) is 1.83. The molecular weight excluding hydrogens is 254 g/mol. The van der Waals surface area contributed by atoms with E-state index in [2.05, 4.69) is 22.2 Å². The van der Waals surface area contributed by atoms with Gasteiger partial charge < -0.3 is 14.8 Å². The second-order valence-corrected chi connectivity index (χ2v) is 4.26. The fraction of sp³-hybridized carbons (Fsp3) is 0.333. The number of hydrogen-bond acceptors (Lipinski definition) is 5. The third kappa shape index (κ3) is 3.17. The van der Waals surface area contributed by atoms with E-state index < -0.39 is 0 Å². The standard InChI is InChI=1S/C15H19N3O2/c1-4-8-16-14-7-9-17-15(18-14)12-10-11(19-2)5-6-13(12)20-3/h5-7,9-10H,4,8H2,1-3H3,(H,16,17,18). The molecule has 0 radical (unpaired) electrons. The summed E-state index contributed by atoms with van der Waals surface area (Å²) in [5.74, 6) is 2.89. The molecule has 0 saturated heterocycles. The summed E-state index contributed by atoms with van der Waals surface area (Å²) in [7, 11) is 3.26. The van der Waals surface area contributed by atoms with Crippen LogP contribution in [0, 0.1) is 0 Å². The zero-order valence-corrected chi connectivity index (χ0v) is 12.0. The van der Waals surface area contributed by atoms with Crippen molar-refractivity contribution >= 4 is 5.82 Å². The molecule has 1 aromatic carbocycles. The number of aromatic nitrogens is 2. The molecule has 0 amide bonds. The van der Waals surface area contributed by atoms with E-state index in [-0.39, 0.29) is 0 Å². The Bertz CT molecular complexity index is 573. The highest BCUT2D eigenvalue weighted by atomic mass is 16.5. The van der Waals surface area contributed by atoms with Gasteiger partial charge in [0.15, 0.2) is 5.82 Å². The number of rotatable bonds is 6. The van der Waals surface area contributed by atoms with Gasteiger partial charge in [-0.25, -0.2) is 9.97 Å². The van der Waals surface area contributed by atoms with Crippen molar-refractivity contribution in [3.8, 4) is 22.9 Å². The third-order valence-electron chi connectivity index (χ3n) is 2.86. The SMILES string of the molecule is CCCNc1ccnc(-c2cc(OC)ccc2OC)n1. The van der Waals surface area contributed by atoms with Crippen LogP contribution in [-0.2, 0) is 0 Å². The van der Waals surface area contributed by atoms with Crippen LogP contribution in [0.3, 0.4) is 0 Å². The number of nitrogens with one attached hydrogen (secondary N) is 1. The van der Waals surface area contributed by atoms with Crippen LogP contribution < -0.4 is 14.8 Å². The molecule has 106 valence electrons. The average molecular weight is 273 g/mol. The topological polar surface area (TPSA) is 56.3 Å². The first-order valence-electron chi connectivity index (χ1n) is 6.57. The minimum absolute atomic E-state index is 0.613. The normalized spacial score (nSPS) is 10.2. The molecule has 0 atom stereocenters. The number of anilines is 1. The summed E-state index contributed by atoms with van der Waals surface area (Å²) >= 11 is 0. The fourth-order valence-electron chi connectivity index (χ4n) is 1.83. The average Bonchev–Trinajstić information content (AvgIpc) is 2.52. The molecule has 0 fully saturated rings. The van der Waals surface area contributed by atoms with Gasteiger partial charge in [-0.05, 0) is 30.7 Å². The van der Waals surface area contributed by atoms with Gasteiger partial charge in [-0.15, -0.1) is 0 Å². The molecule has 0 aliphatic heterocycles. The number of benzene rings is 1. The van der Waals surface area contributed by atoms with Crippen LogP contribution in [0.1, 0.15) is 13.3 Å². The molecule has 1 heterocycles. The van der Waals surface area contributed by atoms with Crippen LogP contribution in [0.5, 0.6) is 11.5 Å². The predicted molar refractivity (Wildman–Crippen MR) is 79.4 cm³/mol. The Labute approximate surface area is 119 Å². The van der Waals surface area contributed by atoms with E-state index in [0.29, 0.717) is 5.82 Å². The van der Waals surface area contributed by atoms with Crippen LogP contribution in [0.25, 0.3) is 11.4 Å². The Morgan fingerprint density at radius 3 is 2.70 bits per heavy atom. The van der Waals surface area contributed by atoms with Crippen molar-refractivity contribution in [2.75, 3.05) is 26.1 Å². The maximum Gasteiger partial charge on any atom is 0.165 e. The molecule has 20 heavy (non-hydrogen) atoms. The van der Waals surface area contributed by atoms with E-state index in [4.69, 9.17) is 9.47 Å². The van der Waals surface area contributed by atoms with Gasteiger partial charge in [0, 0.05) is 12.7 Å². The number of hydrogen-bond donors (Lipinski definition) is 1. The van der Waals surface area contributed by atoms with Crippen molar-refractivity contribution in [1.82, 2.24) is 9.97 Å². The van der Waals surface area contributed by atoms with Crippen molar-refractivity contribution in [2.24, 2.45) is 0 Å². The number of methoxy groups -OCH3 is 2. The maximum atomic E-state index is 5.36. The molecule has 2 aromatic rings. The molecule has 1 aromatic heterocycles. The highest BCUT2D eigenvalue weighted by Crippen LogP contribution is 2.31. The maximum absolute atomic E-state index is 5.36. The summed E-state index contributed by atoms with van der Waals surface area (Å²) in [5.41, 5.74) is 0.812. The Morgan fingerprint density at radius 2 is 2.00 bits per heavy atom. The second kappa shape index (κ2) is 6.75. The van der Waals surface area contributed by atoms with E-state index in [1.54, 1.807) is 20.4 Å². The molecule has 0 aliphatic rings. The van der Waals surface area contributed by atoms with Gasteiger partial charge in [-0.2, -0.15) is 0 Å². The van der Waals surface area contributed by atoms with Crippen LogP contribution in [0.15, 0.2) is 30.5 Å². The Balaban J connectivity index is 2.39. The van der Waals surface area contributed by atoms with Crippen LogP contribution in [-0.4, -0.2) is 30.7 Å². The lowest BCUT2D eigenvalue weighted by atomic mass is 10.1. The highest BCUT2D eigenvalue weighted by molar-refractivity contribution is 5.67. The van der Waals surface area contributed by atoms with E-state index in [0.717, 1.165) is 35.8 Å². The lowest BCUT2D eigenvalue weighted by Crippen LogP contribution is -2.03. The largest absolute Gasteiger partial charge is 0.497 e. The van der Waals surface area contributed by atoms with E-state index in [1.807, 2.05) is 24.3 Å². The van der Waals surface area contributed by atoms with Gasteiger partial charge >= 0.3 is 0 Å². The first-order chi connectivity index (χ1) is 9.78. The zero-order chi connectivity index (χ0) is 14.4. The molecule has 0 saturated carbocycles. The predicted octanol–water partition coefficient (Wildman–Crippen LogP) is 2.98. The third-order valence-corrected chi connectivity index (χ3v) is 2.86. The molecule has 0 bridgehead atoms. The van der Waals surface area contributed by atoms with Gasteiger partial charge in [-0.1, -0.05) is 6.92 Å². The van der Waals surface area contributed by atoms with E-state index in [1.165, 1.54) is 0 Å². The van der Waals surface area contributed by atoms with Crippen LogP contribution >= 0.6 is 0 Å². The molecule has 1 N–H and O–H groups in total. The summed E-state index contributed by atoms with van der Waals surface area (Å²) in [6.07, 6.45) is 2.78. The number of nitrogens with zero attached hydrogens (tertiary/aromatic N) is 2. The van der Waals surface area contributed by atoms with E-state index in [9.17, 15) is 0 Å². The minimum Gasteiger partial charge on any atom is -0.497 e. The summed E-state index contributed by atoms with van der Waals surface area (Å²) < 4.78 is 10.6. The van der Waals surface area contributed by atoms with Gasteiger partial charge in [0.25, 0.3) is 0 Å². The molecule has 5 nitrogen and oxygen atoms in total. The summed E-state index contributed by atoms with van der Waals surface area (Å²) in [6.45, 7) is 2.99. The Morgan fingerprint density at radius 1 is 1.15 bits per heavy atom. The van der Waals surface area contributed by atoms with Gasteiger partial charge in [0.05, 0.1) is 19.8 Å². The van der Waals surface area contributed by atoms with Crippen molar-refractivity contribution in [1.29, 1.82) is 0 Å². The Hall–Kier alpha value is -2.30. The molecule has 0 spiro atoms. The van der Waals surface area contributed by atoms with E-state index >= 15 is 0 Å². The Kier molecular flexibility index (Phi) is 4.76. The smallest absolute Gasteiger partial charge is 0.165 e. The second-order valence-electron chi connectivity index (χ2n) is 4.26. The summed E-state index contributed by atoms with van der Waals surface area (Å²) in [4.78, 5) is 8.82. The molecular formula is C15H19N3O2. The minimum atomic E-state index is 0.613.